The zero-order chi connectivity index (χ0) is 25.8. The van der Waals surface area contributed by atoms with Crippen molar-refractivity contribution in [3.63, 3.8) is 0 Å². The monoisotopic (exact) mass is 501 g/mol. The lowest BCUT2D eigenvalue weighted by Crippen LogP contribution is -2.39. The summed E-state index contributed by atoms with van der Waals surface area (Å²) in [5.41, 5.74) is 6.26. The quantitative estimate of drug-likeness (QED) is 0.479. The number of hydrogen-bond donors (Lipinski definition) is 1. The zero-order valence-electron chi connectivity index (χ0n) is 21.7. The Kier molecular flexibility index (Phi) is 7.65. The molecule has 0 bridgehead atoms. The molecule has 2 fully saturated rings. The molecule has 2 aliphatic heterocycles. The number of rotatable bonds is 7. The molecule has 5 rings (SSSR count). The molecule has 37 heavy (non-hydrogen) atoms. The van der Waals surface area contributed by atoms with Gasteiger partial charge in [-0.3, -0.25) is 19.3 Å². The van der Waals surface area contributed by atoms with Gasteiger partial charge in [0.15, 0.2) is 0 Å². The number of anilines is 1. The first-order valence-corrected chi connectivity index (χ1v) is 13.2. The number of aromatic nitrogens is 3. The molecule has 0 radical (unpaired) electrons. The van der Waals surface area contributed by atoms with Crippen LogP contribution in [0.15, 0.2) is 42.9 Å². The van der Waals surface area contributed by atoms with Crippen LogP contribution in [0, 0.1) is 19.8 Å². The highest BCUT2D eigenvalue weighted by molar-refractivity contribution is 5.99. The third kappa shape index (κ3) is 5.44. The Hall–Kier alpha value is -3.52. The maximum atomic E-state index is 13.7. The normalized spacial score (nSPS) is 17.1. The van der Waals surface area contributed by atoms with Crippen molar-refractivity contribution >= 4 is 18.0 Å². The third-order valence-corrected chi connectivity index (χ3v) is 7.73. The van der Waals surface area contributed by atoms with Gasteiger partial charge in [-0.15, -0.1) is 0 Å². The fourth-order valence-corrected chi connectivity index (χ4v) is 5.67. The fourth-order valence-electron chi connectivity index (χ4n) is 5.67. The molecular formula is C29H35N5O3. The minimum atomic E-state index is 0.0472. The van der Waals surface area contributed by atoms with Gasteiger partial charge in [0.25, 0.3) is 5.91 Å². The van der Waals surface area contributed by atoms with Crippen molar-refractivity contribution in [2.45, 2.75) is 52.0 Å². The van der Waals surface area contributed by atoms with Crippen LogP contribution in [0.3, 0.4) is 0 Å². The van der Waals surface area contributed by atoms with Crippen LogP contribution in [0.5, 0.6) is 0 Å². The van der Waals surface area contributed by atoms with Gasteiger partial charge in [-0.25, -0.2) is 0 Å². The van der Waals surface area contributed by atoms with Crippen LogP contribution in [0.2, 0.25) is 0 Å². The summed E-state index contributed by atoms with van der Waals surface area (Å²) in [5.74, 6) is 0.603. The number of ether oxygens (including phenoxy) is 1. The van der Waals surface area contributed by atoms with Crippen LogP contribution in [0.4, 0.5) is 5.69 Å². The standard InChI is InChI=1S/C29H35N5O3/c1-20-14-27(31-19-35)26(28-21(2)17-32-34(28)24-7-12-37-13-8-24)16-25(20)29(36)33-10-5-22(6-11-33)15-23-4-3-9-30-18-23/h3-4,9,14,16-19,22,24H,5-8,10-13,15H2,1-2H3,(H,31,35). The molecule has 194 valence electrons. The topological polar surface area (TPSA) is 89.3 Å². The first-order chi connectivity index (χ1) is 18.0. The molecule has 0 saturated carbocycles. The van der Waals surface area contributed by atoms with E-state index in [9.17, 15) is 9.59 Å². The molecule has 2 aromatic heterocycles. The van der Waals surface area contributed by atoms with E-state index < -0.39 is 0 Å². The summed E-state index contributed by atoms with van der Waals surface area (Å²) in [6.07, 6.45) is 11.0. The highest BCUT2D eigenvalue weighted by Gasteiger charge is 2.28. The number of amides is 2. The van der Waals surface area contributed by atoms with E-state index >= 15 is 0 Å². The number of nitrogens with zero attached hydrogens (tertiary/aromatic N) is 4. The average molecular weight is 502 g/mol. The molecule has 2 amide bonds. The van der Waals surface area contributed by atoms with Gasteiger partial charge in [-0.2, -0.15) is 5.10 Å². The number of carbonyl (C=O) groups excluding carboxylic acids is 2. The third-order valence-electron chi connectivity index (χ3n) is 7.73. The molecule has 0 aliphatic carbocycles. The number of piperidine rings is 1. The van der Waals surface area contributed by atoms with Crippen molar-refractivity contribution in [3.05, 3.63) is 65.1 Å². The summed E-state index contributed by atoms with van der Waals surface area (Å²) in [5, 5.41) is 7.55. The number of nitrogens with one attached hydrogen (secondary N) is 1. The Labute approximate surface area is 218 Å². The van der Waals surface area contributed by atoms with Gasteiger partial charge in [0.1, 0.15) is 0 Å². The Bertz CT molecular complexity index is 1240. The van der Waals surface area contributed by atoms with E-state index in [2.05, 4.69) is 21.0 Å². The Balaban J connectivity index is 1.40. The van der Waals surface area contributed by atoms with E-state index in [0.29, 0.717) is 36.8 Å². The molecule has 3 aromatic rings. The highest BCUT2D eigenvalue weighted by atomic mass is 16.5. The second-order valence-corrected chi connectivity index (χ2v) is 10.2. The molecule has 4 heterocycles. The fraction of sp³-hybridized carbons (Fsp3) is 0.448. The van der Waals surface area contributed by atoms with Gasteiger partial charge >= 0.3 is 0 Å². The van der Waals surface area contributed by atoms with E-state index in [1.165, 1.54) is 5.56 Å². The summed E-state index contributed by atoms with van der Waals surface area (Å²) < 4.78 is 7.61. The van der Waals surface area contributed by atoms with Gasteiger partial charge in [0, 0.05) is 49.8 Å². The molecule has 2 aliphatic rings. The number of pyridine rings is 1. The van der Waals surface area contributed by atoms with Crippen LogP contribution in [-0.4, -0.2) is 58.3 Å². The largest absolute Gasteiger partial charge is 0.381 e. The predicted molar refractivity (Wildman–Crippen MR) is 142 cm³/mol. The van der Waals surface area contributed by atoms with E-state index in [1.807, 2.05) is 49.3 Å². The van der Waals surface area contributed by atoms with Crippen LogP contribution in [0.1, 0.15) is 58.8 Å². The van der Waals surface area contributed by atoms with Crippen LogP contribution >= 0.6 is 0 Å². The maximum absolute atomic E-state index is 13.7. The molecule has 8 nitrogen and oxygen atoms in total. The predicted octanol–water partition coefficient (Wildman–Crippen LogP) is 4.58. The zero-order valence-corrected chi connectivity index (χ0v) is 21.7. The summed E-state index contributed by atoms with van der Waals surface area (Å²) in [4.78, 5) is 31.4. The maximum Gasteiger partial charge on any atom is 0.254 e. The van der Waals surface area contributed by atoms with Crippen molar-refractivity contribution in [3.8, 4) is 11.3 Å². The Morgan fingerprint density at radius 2 is 1.89 bits per heavy atom. The SMILES string of the molecule is Cc1cc(NC=O)c(-c2c(C)cnn2C2CCOCC2)cc1C(=O)N1CCC(Cc2cccnc2)CC1. The van der Waals surface area contributed by atoms with Crippen molar-refractivity contribution in [2.24, 2.45) is 5.92 Å². The van der Waals surface area contributed by atoms with E-state index in [4.69, 9.17) is 9.84 Å². The van der Waals surface area contributed by atoms with Gasteiger partial charge < -0.3 is 15.0 Å². The van der Waals surface area contributed by atoms with Crippen LogP contribution < -0.4 is 5.32 Å². The Morgan fingerprint density at radius 1 is 1.11 bits per heavy atom. The van der Waals surface area contributed by atoms with Gasteiger partial charge in [-0.05, 0) is 86.8 Å². The average Bonchev–Trinajstić information content (AvgIpc) is 3.31. The second kappa shape index (κ2) is 11.3. The summed E-state index contributed by atoms with van der Waals surface area (Å²) in [7, 11) is 0. The first kappa shape index (κ1) is 25.1. The van der Waals surface area contributed by atoms with Crippen molar-refractivity contribution < 1.29 is 14.3 Å². The number of aryl methyl sites for hydroxylation is 2. The molecular weight excluding hydrogens is 466 g/mol. The van der Waals surface area contributed by atoms with E-state index in [1.54, 1.807) is 6.20 Å². The van der Waals surface area contributed by atoms with Crippen molar-refractivity contribution in [1.82, 2.24) is 19.7 Å². The second-order valence-electron chi connectivity index (χ2n) is 10.2. The molecule has 0 atom stereocenters. The summed E-state index contributed by atoms with van der Waals surface area (Å²) in [6.45, 7) is 6.85. The highest BCUT2D eigenvalue weighted by Crippen LogP contribution is 2.37. The number of benzene rings is 1. The number of likely N-dealkylation sites (tertiary alicyclic amines) is 1. The lowest BCUT2D eigenvalue weighted by Gasteiger charge is -2.32. The van der Waals surface area contributed by atoms with Gasteiger partial charge in [-0.1, -0.05) is 6.07 Å². The number of hydrogen-bond acceptors (Lipinski definition) is 5. The summed E-state index contributed by atoms with van der Waals surface area (Å²) in [6, 6.07) is 8.18. The lowest BCUT2D eigenvalue weighted by molar-refractivity contribution is -0.105. The Morgan fingerprint density at radius 3 is 2.59 bits per heavy atom. The molecule has 2 saturated heterocycles. The molecule has 0 spiro atoms. The minimum Gasteiger partial charge on any atom is -0.381 e. The van der Waals surface area contributed by atoms with Crippen molar-refractivity contribution in [2.75, 3.05) is 31.6 Å². The number of carbonyl (C=O) groups is 2. The van der Waals surface area contributed by atoms with Gasteiger partial charge in [0.2, 0.25) is 6.41 Å². The van der Waals surface area contributed by atoms with E-state index in [-0.39, 0.29) is 11.9 Å². The van der Waals surface area contributed by atoms with Crippen LogP contribution in [0.25, 0.3) is 11.3 Å². The molecule has 1 aromatic carbocycles. The van der Waals surface area contributed by atoms with Gasteiger partial charge in [0.05, 0.1) is 23.6 Å². The molecule has 8 heteroatoms. The van der Waals surface area contributed by atoms with E-state index in [0.717, 1.165) is 67.6 Å². The lowest BCUT2D eigenvalue weighted by atomic mass is 9.90. The first-order valence-electron chi connectivity index (χ1n) is 13.2. The van der Waals surface area contributed by atoms with Crippen LogP contribution in [-0.2, 0) is 16.0 Å². The minimum absolute atomic E-state index is 0.0472. The molecule has 0 unspecified atom stereocenters. The van der Waals surface area contributed by atoms with Crippen molar-refractivity contribution in [1.29, 1.82) is 0 Å². The molecule has 1 N–H and O–H groups in total. The smallest absolute Gasteiger partial charge is 0.254 e. The summed E-state index contributed by atoms with van der Waals surface area (Å²) >= 11 is 0.